The van der Waals surface area contributed by atoms with Crippen molar-refractivity contribution in [1.82, 2.24) is 19.5 Å². The third kappa shape index (κ3) is 1.37. The Morgan fingerprint density at radius 1 is 1.30 bits per heavy atom. The van der Waals surface area contributed by atoms with Gasteiger partial charge in [0.2, 0.25) is 0 Å². The van der Waals surface area contributed by atoms with Crippen LogP contribution in [0.5, 0.6) is 0 Å². The van der Waals surface area contributed by atoms with Crippen LogP contribution in [0.2, 0.25) is 0 Å². The number of nitrogen functional groups attached to an aromatic ring is 1. The van der Waals surface area contributed by atoms with Gasteiger partial charge in [-0.25, -0.2) is 15.0 Å². The summed E-state index contributed by atoms with van der Waals surface area (Å²) in [6.45, 7) is 0.511. The monoisotopic (exact) mass is 279 g/mol. The largest absolute Gasteiger partial charge is 0.387 e. The lowest BCUT2D eigenvalue weighted by Crippen LogP contribution is -2.58. The Kier molecular flexibility index (Phi) is 2.31. The highest BCUT2D eigenvalue weighted by molar-refractivity contribution is 5.81. The first-order valence-electron chi connectivity index (χ1n) is 6.17. The molecule has 2 saturated heterocycles. The average molecular weight is 279 g/mol. The molecular weight excluding hydrogens is 266 g/mol. The summed E-state index contributed by atoms with van der Waals surface area (Å²) in [5.74, 6) is 0.253. The van der Waals surface area contributed by atoms with Crippen molar-refractivity contribution in [3.8, 4) is 0 Å². The van der Waals surface area contributed by atoms with Gasteiger partial charge in [-0.1, -0.05) is 0 Å². The molecule has 9 nitrogen and oxygen atoms in total. The molecule has 2 fully saturated rings. The van der Waals surface area contributed by atoms with E-state index in [-0.39, 0.29) is 19.0 Å². The number of aromatic nitrogens is 4. The maximum absolute atomic E-state index is 10.2. The quantitative estimate of drug-likeness (QED) is 0.571. The summed E-state index contributed by atoms with van der Waals surface area (Å²) < 4.78 is 12.4. The predicted octanol–water partition coefficient (Wildman–Crippen LogP) is -1.57. The lowest BCUT2D eigenvalue weighted by atomic mass is 9.93. The SMILES string of the molecule is Nc1ncnc2c1ncn2[C@@H]1OC2(COC2)[C@@H](O)[C@H]1O. The fourth-order valence-electron chi connectivity index (χ4n) is 2.67. The van der Waals surface area contributed by atoms with Crippen LogP contribution in [-0.2, 0) is 9.47 Å². The van der Waals surface area contributed by atoms with E-state index in [1.165, 1.54) is 12.7 Å². The van der Waals surface area contributed by atoms with Crippen molar-refractivity contribution in [2.45, 2.75) is 24.0 Å². The Labute approximate surface area is 113 Å². The second kappa shape index (κ2) is 3.85. The number of aliphatic hydroxyl groups excluding tert-OH is 2. The van der Waals surface area contributed by atoms with Gasteiger partial charge >= 0.3 is 0 Å². The molecule has 4 heterocycles. The molecule has 3 atom stereocenters. The van der Waals surface area contributed by atoms with Gasteiger partial charge in [-0.15, -0.1) is 0 Å². The summed E-state index contributed by atoms with van der Waals surface area (Å²) in [6, 6.07) is 0. The number of anilines is 1. The highest BCUT2D eigenvalue weighted by Gasteiger charge is 2.59. The molecule has 0 aliphatic carbocycles. The van der Waals surface area contributed by atoms with Crippen molar-refractivity contribution in [3.63, 3.8) is 0 Å². The Balaban J connectivity index is 1.78. The molecular formula is C11H13N5O4. The highest BCUT2D eigenvalue weighted by Crippen LogP contribution is 2.42. The number of hydrogen-bond donors (Lipinski definition) is 3. The Bertz CT molecular complexity index is 670. The van der Waals surface area contributed by atoms with Crippen LogP contribution in [0.4, 0.5) is 5.82 Å². The molecule has 106 valence electrons. The summed E-state index contributed by atoms with van der Waals surface area (Å²) in [6.07, 6.45) is -0.108. The van der Waals surface area contributed by atoms with Crippen LogP contribution in [0.1, 0.15) is 6.23 Å². The first-order chi connectivity index (χ1) is 9.62. The summed E-state index contributed by atoms with van der Waals surface area (Å²) in [4.78, 5) is 12.1. The van der Waals surface area contributed by atoms with Crippen molar-refractivity contribution >= 4 is 17.0 Å². The first-order valence-corrected chi connectivity index (χ1v) is 6.17. The van der Waals surface area contributed by atoms with Crippen molar-refractivity contribution in [2.75, 3.05) is 18.9 Å². The highest BCUT2D eigenvalue weighted by atomic mass is 16.6. The zero-order chi connectivity index (χ0) is 13.9. The van der Waals surface area contributed by atoms with E-state index in [1.807, 2.05) is 0 Å². The van der Waals surface area contributed by atoms with E-state index < -0.39 is 24.0 Å². The van der Waals surface area contributed by atoms with Crippen LogP contribution in [0.15, 0.2) is 12.7 Å². The van der Waals surface area contributed by atoms with E-state index in [0.717, 1.165) is 0 Å². The Hall–Kier alpha value is -1.81. The van der Waals surface area contributed by atoms with Crippen molar-refractivity contribution in [1.29, 1.82) is 0 Å². The molecule has 0 radical (unpaired) electrons. The maximum Gasteiger partial charge on any atom is 0.167 e. The molecule has 2 aromatic heterocycles. The number of aliphatic hydroxyl groups is 2. The molecule has 2 aromatic rings. The lowest BCUT2D eigenvalue weighted by molar-refractivity contribution is -0.236. The van der Waals surface area contributed by atoms with Crippen molar-refractivity contribution < 1.29 is 19.7 Å². The van der Waals surface area contributed by atoms with Gasteiger partial charge in [0.1, 0.15) is 29.7 Å². The van der Waals surface area contributed by atoms with E-state index >= 15 is 0 Å². The third-order valence-electron chi connectivity index (χ3n) is 3.86. The maximum atomic E-state index is 10.2. The number of fused-ring (bicyclic) bond motifs is 1. The zero-order valence-corrected chi connectivity index (χ0v) is 10.4. The minimum atomic E-state index is -1.09. The minimum absolute atomic E-state index is 0.253. The Morgan fingerprint density at radius 2 is 2.10 bits per heavy atom. The second-order valence-electron chi connectivity index (χ2n) is 5.08. The van der Waals surface area contributed by atoms with E-state index in [1.54, 1.807) is 4.57 Å². The number of hydrogen-bond acceptors (Lipinski definition) is 8. The number of ether oxygens (including phenoxy) is 2. The predicted molar refractivity (Wildman–Crippen MR) is 65.4 cm³/mol. The van der Waals surface area contributed by atoms with Crippen molar-refractivity contribution in [3.05, 3.63) is 12.7 Å². The summed E-state index contributed by atoms with van der Waals surface area (Å²) >= 11 is 0. The molecule has 0 amide bonds. The van der Waals surface area contributed by atoms with Crippen LogP contribution in [0, 0.1) is 0 Å². The van der Waals surface area contributed by atoms with Gasteiger partial charge in [0.15, 0.2) is 17.7 Å². The summed E-state index contributed by atoms with van der Waals surface area (Å²) in [5, 5.41) is 20.3. The summed E-state index contributed by atoms with van der Waals surface area (Å²) in [5.41, 5.74) is 5.76. The molecule has 1 spiro atoms. The molecule has 0 saturated carbocycles. The Morgan fingerprint density at radius 3 is 2.75 bits per heavy atom. The summed E-state index contributed by atoms with van der Waals surface area (Å²) in [7, 11) is 0. The fourth-order valence-corrected chi connectivity index (χ4v) is 2.67. The second-order valence-corrected chi connectivity index (χ2v) is 5.08. The zero-order valence-electron chi connectivity index (χ0n) is 10.4. The molecule has 2 aliphatic rings. The van der Waals surface area contributed by atoms with E-state index in [0.29, 0.717) is 11.2 Å². The molecule has 0 unspecified atom stereocenters. The minimum Gasteiger partial charge on any atom is -0.387 e. The van der Waals surface area contributed by atoms with Crippen LogP contribution < -0.4 is 5.73 Å². The lowest BCUT2D eigenvalue weighted by Gasteiger charge is -2.39. The van der Waals surface area contributed by atoms with E-state index in [4.69, 9.17) is 15.2 Å². The molecule has 20 heavy (non-hydrogen) atoms. The third-order valence-corrected chi connectivity index (χ3v) is 3.86. The van der Waals surface area contributed by atoms with Crippen molar-refractivity contribution in [2.24, 2.45) is 0 Å². The molecule has 0 aromatic carbocycles. The van der Waals surface area contributed by atoms with Crippen LogP contribution >= 0.6 is 0 Å². The number of nitrogens with zero attached hydrogens (tertiary/aromatic N) is 4. The van der Waals surface area contributed by atoms with Gasteiger partial charge < -0.3 is 25.4 Å². The van der Waals surface area contributed by atoms with Gasteiger partial charge in [0.05, 0.1) is 19.5 Å². The first kappa shape index (κ1) is 12.0. The number of imidazole rings is 1. The molecule has 2 aliphatic heterocycles. The molecule has 4 N–H and O–H groups in total. The normalized spacial score (nSPS) is 31.8. The molecule has 0 bridgehead atoms. The number of rotatable bonds is 1. The average Bonchev–Trinajstić information content (AvgIpc) is 2.92. The van der Waals surface area contributed by atoms with E-state index in [9.17, 15) is 10.2 Å². The van der Waals surface area contributed by atoms with Gasteiger partial charge in [-0.05, 0) is 0 Å². The topological polar surface area (TPSA) is 129 Å². The smallest absolute Gasteiger partial charge is 0.167 e. The van der Waals surface area contributed by atoms with Gasteiger partial charge in [0.25, 0.3) is 0 Å². The van der Waals surface area contributed by atoms with Gasteiger partial charge in [0, 0.05) is 0 Å². The fraction of sp³-hybridized carbons (Fsp3) is 0.545. The molecule has 4 rings (SSSR count). The standard InChI is InChI=1S/C11H13N5O4/c12-8-5-9(14-3-13-8)16(4-15-5)10-6(17)7(18)11(20-10)1-19-2-11/h3-4,6-7,10,17-18H,1-2H2,(H2,12,13,14)/t6-,7+,10-/m1/s1. The van der Waals surface area contributed by atoms with Crippen LogP contribution in [0.3, 0.4) is 0 Å². The number of nitrogens with two attached hydrogens (primary N) is 1. The van der Waals surface area contributed by atoms with Crippen LogP contribution in [0.25, 0.3) is 11.2 Å². The van der Waals surface area contributed by atoms with Gasteiger partial charge in [-0.2, -0.15) is 0 Å². The van der Waals surface area contributed by atoms with Crippen LogP contribution in [-0.4, -0.2) is 60.8 Å². The molecule has 9 heteroatoms. The van der Waals surface area contributed by atoms with E-state index in [2.05, 4.69) is 15.0 Å². The van der Waals surface area contributed by atoms with Gasteiger partial charge in [-0.3, -0.25) is 4.57 Å².